The molecule has 448 valence electrons. The van der Waals surface area contributed by atoms with Crippen molar-refractivity contribution in [3.8, 4) is 67.5 Å². The summed E-state index contributed by atoms with van der Waals surface area (Å²) in [6.07, 6.45) is 5.04. The molecule has 6 rings (SSSR count). The number of ether oxygens (including phenoxy) is 8. The number of carbonyl (C=O) groups is 6. The maximum atomic E-state index is 11.8. The average molecular weight is 1170 g/mol. The van der Waals surface area contributed by atoms with Crippen molar-refractivity contribution < 1.29 is 66.7 Å². The number of rotatable bonds is 30. The third kappa shape index (κ3) is 22.7. The zero-order valence-corrected chi connectivity index (χ0v) is 50.1. The number of esters is 6. The third-order valence-electron chi connectivity index (χ3n) is 12.6. The quantitative estimate of drug-likeness (QED) is 0.0137. The SMILES string of the molecule is C=C(C)C(=O)OCCCCc1cc(CCCCOC(=O)C(=C)C)cc(-c2ccc(-c3ccc(OC(=O)C(=C)C)cc3)cc2)c1.C=C(C)C(=O)OCCOc1cc(OCCOC(=O)C(=C)C)cc(-c2ccc(-c3ccc(OC(=O)C(=C)C)cc3)cc2)c1. The van der Waals surface area contributed by atoms with Gasteiger partial charge in [0.25, 0.3) is 0 Å². The van der Waals surface area contributed by atoms with E-state index >= 15 is 0 Å². The molecule has 6 aromatic rings. The fraction of sp³-hybridized carbons (Fsp3) is 0.250. The predicted octanol–water partition coefficient (Wildman–Crippen LogP) is 14.9. The first-order valence-corrected chi connectivity index (χ1v) is 28.1. The molecule has 0 heterocycles. The molecule has 14 nitrogen and oxygen atoms in total. The Morgan fingerprint density at radius 1 is 0.279 bits per heavy atom. The van der Waals surface area contributed by atoms with Crippen LogP contribution in [0.5, 0.6) is 23.0 Å². The smallest absolute Gasteiger partial charge is 0.338 e. The Bertz CT molecular complexity index is 3310. The van der Waals surface area contributed by atoms with Crippen LogP contribution in [0.25, 0.3) is 44.5 Å². The van der Waals surface area contributed by atoms with Gasteiger partial charge in [-0.15, -0.1) is 0 Å². The van der Waals surface area contributed by atoms with Gasteiger partial charge in [0.15, 0.2) is 0 Å². The van der Waals surface area contributed by atoms with E-state index in [4.69, 9.17) is 37.9 Å². The monoisotopic (exact) mass is 1160 g/mol. The maximum absolute atomic E-state index is 11.8. The van der Waals surface area contributed by atoms with Crippen molar-refractivity contribution in [3.05, 3.63) is 217 Å². The molecular formula is C72H76O14. The summed E-state index contributed by atoms with van der Waals surface area (Å²) in [5, 5.41) is 0. The van der Waals surface area contributed by atoms with E-state index in [1.54, 1.807) is 71.9 Å². The van der Waals surface area contributed by atoms with Gasteiger partial charge in [-0.25, -0.2) is 28.8 Å². The van der Waals surface area contributed by atoms with Crippen LogP contribution in [0.4, 0.5) is 0 Å². The average Bonchev–Trinajstić information content (AvgIpc) is 2.01. The minimum absolute atomic E-state index is 0.0584. The normalized spacial score (nSPS) is 10.4. The van der Waals surface area contributed by atoms with Crippen molar-refractivity contribution in [1.29, 1.82) is 0 Å². The summed E-state index contributed by atoms with van der Waals surface area (Å²) in [4.78, 5) is 70.1. The van der Waals surface area contributed by atoms with Crippen molar-refractivity contribution in [2.24, 2.45) is 0 Å². The molecule has 0 fully saturated rings. The lowest BCUT2D eigenvalue weighted by molar-refractivity contribution is -0.140. The summed E-state index contributed by atoms with van der Waals surface area (Å²) in [5.41, 5.74) is 12.5. The van der Waals surface area contributed by atoms with Gasteiger partial charge in [0, 0.05) is 39.5 Å². The molecule has 0 saturated heterocycles. The van der Waals surface area contributed by atoms with E-state index in [-0.39, 0.29) is 38.4 Å². The highest BCUT2D eigenvalue weighted by Gasteiger charge is 2.13. The number of hydrogen-bond acceptors (Lipinski definition) is 14. The second kappa shape index (κ2) is 34.1. The summed E-state index contributed by atoms with van der Waals surface area (Å²) < 4.78 is 42.9. The first-order chi connectivity index (χ1) is 41.1. The molecule has 0 amide bonds. The first-order valence-electron chi connectivity index (χ1n) is 28.1. The molecule has 0 aliphatic rings. The lowest BCUT2D eigenvalue weighted by atomic mass is 9.94. The van der Waals surface area contributed by atoms with Crippen molar-refractivity contribution in [1.82, 2.24) is 0 Å². The molecule has 0 aliphatic carbocycles. The molecule has 14 heteroatoms. The van der Waals surface area contributed by atoms with Crippen LogP contribution in [0.15, 0.2) is 206 Å². The predicted molar refractivity (Wildman–Crippen MR) is 335 cm³/mol. The van der Waals surface area contributed by atoms with Gasteiger partial charge in [0.2, 0.25) is 0 Å². The lowest BCUT2D eigenvalue weighted by Gasteiger charge is -2.14. The van der Waals surface area contributed by atoms with Gasteiger partial charge in [-0.2, -0.15) is 0 Å². The van der Waals surface area contributed by atoms with Crippen molar-refractivity contribution in [3.63, 3.8) is 0 Å². The number of aryl methyl sites for hydroxylation is 2. The molecule has 0 bridgehead atoms. The first kappa shape index (κ1) is 67.0. The third-order valence-corrected chi connectivity index (χ3v) is 12.6. The molecule has 86 heavy (non-hydrogen) atoms. The zero-order valence-electron chi connectivity index (χ0n) is 50.1. The Balaban J connectivity index is 0.000000314. The Hall–Kier alpha value is -9.82. The Morgan fingerprint density at radius 3 is 0.849 bits per heavy atom. The zero-order chi connectivity index (χ0) is 62.7. The largest absolute Gasteiger partial charge is 0.490 e. The van der Waals surface area contributed by atoms with E-state index < -0.39 is 23.9 Å². The minimum Gasteiger partial charge on any atom is -0.490 e. The van der Waals surface area contributed by atoms with Crippen molar-refractivity contribution in [2.75, 3.05) is 39.6 Å². The van der Waals surface area contributed by atoms with Gasteiger partial charge in [-0.3, -0.25) is 0 Å². The molecule has 0 atom stereocenters. The minimum atomic E-state index is -0.483. The molecule has 0 radical (unpaired) electrons. The maximum Gasteiger partial charge on any atom is 0.338 e. The number of benzene rings is 6. The van der Waals surface area contributed by atoms with Crippen LogP contribution in [-0.4, -0.2) is 75.5 Å². The summed E-state index contributed by atoms with van der Waals surface area (Å²) in [6.45, 7) is 32.4. The Morgan fingerprint density at radius 2 is 0.547 bits per heavy atom. The van der Waals surface area contributed by atoms with Gasteiger partial charge < -0.3 is 37.9 Å². The van der Waals surface area contributed by atoms with Crippen LogP contribution < -0.4 is 18.9 Å². The van der Waals surface area contributed by atoms with E-state index in [9.17, 15) is 28.8 Å². The molecule has 0 spiro atoms. The Kier molecular flexibility index (Phi) is 26.5. The second-order valence-electron chi connectivity index (χ2n) is 20.6. The van der Waals surface area contributed by atoms with Crippen LogP contribution in [-0.2, 0) is 60.6 Å². The van der Waals surface area contributed by atoms with E-state index in [2.05, 4.69) is 81.9 Å². The number of hydrogen-bond donors (Lipinski definition) is 0. The van der Waals surface area contributed by atoms with Crippen LogP contribution in [0.1, 0.15) is 78.4 Å². The molecule has 0 saturated carbocycles. The molecule has 0 aromatic heterocycles. The summed E-state index contributed by atoms with van der Waals surface area (Å²) in [7, 11) is 0. The summed E-state index contributed by atoms with van der Waals surface area (Å²) in [5.74, 6) is -0.645. The number of unbranched alkanes of at least 4 members (excludes halogenated alkanes) is 2. The van der Waals surface area contributed by atoms with Gasteiger partial charge in [-0.05, 0) is 172 Å². The van der Waals surface area contributed by atoms with Crippen LogP contribution in [0, 0.1) is 0 Å². The second-order valence-corrected chi connectivity index (χ2v) is 20.6. The summed E-state index contributed by atoms with van der Waals surface area (Å²) >= 11 is 0. The highest BCUT2D eigenvalue weighted by Crippen LogP contribution is 2.33. The lowest BCUT2D eigenvalue weighted by Crippen LogP contribution is -2.13. The molecule has 0 unspecified atom stereocenters. The highest BCUT2D eigenvalue weighted by molar-refractivity contribution is 5.90. The topological polar surface area (TPSA) is 176 Å². The van der Waals surface area contributed by atoms with Crippen LogP contribution in [0.2, 0.25) is 0 Å². The summed E-state index contributed by atoms with van der Waals surface area (Å²) in [6, 6.07) is 43.0. The fourth-order valence-corrected chi connectivity index (χ4v) is 7.93. The van der Waals surface area contributed by atoms with E-state index in [1.807, 2.05) is 60.7 Å². The van der Waals surface area contributed by atoms with Crippen LogP contribution in [0.3, 0.4) is 0 Å². The van der Waals surface area contributed by atoms with Crippen LogP contribution >= 0.6 is 0 Å². The van der Waals surface area contributed by atoms with Crippen molar-refractivity contribution in [2.45, 2.75) is 80.1 Å². The Labute approximate surface area is 505 Å². The van der Waals surface area contributed by atoms with E-state index in [0.29, 0.717) is 69.7 Å². The van der Waals surface area contributed by atoms with E-state index in [1.165, 1.54) is 11.1 Å². The highest BCUT2D eigenvalue weighted by atomic mass is 16.6. The molecule has 0 N–H and O–H groups in total. The van der Waals surface area contributed by atoms with Gasteiger partial charge in [-0.1, -0.05) is 130 Å². The van der Waals surface area contributed by atoms with Gasteiger partial charge >= 0.3 is 35.8 Å². The fourth-order valence-electron chi connectivity index (χ4n) is 7.93. The van der Waals surface area contributed by atoms with Gasteiger partial charge in [0.05, 0.1) is 13.2 Å². The van der Waals surface area contributed by atoms with Gasteiger partial charge in [0.1, 0.15) is 49.4 Å². The molecule has 6 aromatic carbocycles. The molecule has 0 aliphatic heterocycles. The van der Waals surface area contributed by atoms with Crippen molar-refractivity contribution >= 4 is 35.8 Å². The molecular weight excluding hydrogens is 1090 g/mol. The standard InChI is InChI=1S/C38H42O6.C34H34O8/c1-26(2)36(39)42-21-9-7-11-29-23-30(12-8-10-22-43-37(40)27(3)4)25-34(24-29)33-15-13-31(14-16-33)32-17-19-35(20-18-32)44-38(41)28(5)6;1-22(2)32(35)40-17-15-38-30-19-28(20-31(21-30)39-16-18-41-33(36)23(3)4)27-9-7-25(8-10-27)26-11-13-29(14-12-26)42-34(37)24(5)6/h13-20,23-25H,1,3,5,7-12,21-22H2,2,4,6H3;7-14,19-21H,1,3,5,15-18H2,2,4,6H3. The van der Waals surface area contributed by atoms with E-state index in [0.717, 1.165) is 83.0 Å². The number of carbonyl (C=O) groups excluding carboxylic acids is 6.